The van der Waals surface area contributed by atoms with Gasteiger partial charge in [-0.05, 0) is 39.0 Å². The molecule has 1 fully saturated rings. The van der Waals surface area contributed by atoms with Crippen molar-refractivity contribution in [3.05, 3.63) is 0 Å². The lowest BCUT2D eigenvalue weighted by Crippen LogP contribution is -2.40. The van der Waals surface area contributed by atoms with Crippen molar-refractivity contribution in [2.24, 2.45) is 11.7 Å². The van der Waals surface area contributed by atoms with Crippen LogP contribution in [-0.4, -0.2) is 47.9 Å². The van der Waals surface area contributed by atoms with Crippen molar-refractivity contribution in [1.82, 2.24) is 4.90 Å². The molecule has 0 aromatic carbocycles. The van der Waals surface area contributed by atoms with Crippen LogP contribution in [0.15, 0.2) is 0 Å². The van der Waals surface area contributed by atoms with Gasteiger partial charge in [0.2, 0.25) is 0 Å². The lowest BCUT2D eigenvalue weighted by molar-refractivity contribution is -0.0546. The smallest absolute Gasteiger partial charge is 0.407 e. The summed E-state index contributed by atoms with van der Waals surface area (Å²) in [5.41, 5.74) is 5.99. The van der Waals surface area contributed by atoms with Crippen molar-refractivity contribution in [2.75, 3.05) is 13.6 Å². The number of ether oxygens (including phenoxy) is 1. The fourth-order valence-corrected chi connectivity index (χ4v) is 2.67. The van der Waals surface area contributed by atoms with E-state index < -0.39 is 6.09 Å². The van der Waals surface area contributed by atoms with Crippen LogP contribution in [-0.2, 0) is 4.74 Å². The first-order chi connectivity index (χ1) is 7.88. The molecular weight excluding hydrogens is 220 g/mol. The van der Waals surface area contributed by atoms with Gasteiger partial charge in [-0.3, -0.25) is 0 Å². The third-order valence-corrected chi connectivity index (χ3v) is 3.27. The van der Waals surface area contributed by atoms with E-state index in [0.29, 0.717) is 12.5 Å². The summed E-state index contributed by atoms with van der Waals surface area (Å²) in [7, 11) is 1.55. The Morgan fingerprint density at radius 2 is 2.00 bits per heavy atom. The highest BCUT2D eigenvalue weighted by Gasteiger charge is 2.26. The summed E-state index contributed by atoms with van der Waals surface area (Å²) in [6, 6.07) is -0.0846. The molecule has 1 heterocycles. The molecule has 1 unspecified atom stereocenters. The molecule has 0 saturated carbocycles. The van der Waals surface area contributed by atoms with Crippen LogP contribution >= 0.6 is 0 Å². The number of nitrogens with two attached hydrogens (primary N) is 1. The summed E-state index contributed by atoms with van der Waals surface area (Å²) in [5, 5.41) is 8.77. The fraction of sp³-hybridized carbons (Fsp3) is 0.917. The van der Waals surface area contributed by atoms with Crippen LogP contribution in [0.3, 0.4) is 0 Å². The van der Waals surface area contributed by atoms with Gasteiger partial charge in [0.05, 0.1) is 12.2 Å². The summed E-state index contributed by atoms with van der Waals surface area (Å²) in [4.78, 5) is 11.9. The second-order valence-electron chi connectivity index (χ2n) is 5.25. The van der Waals surface area contributed by atoms with Crippen LogP contribution in [0, 0.1) is 5.92 Å². The molecule has 1 rings (SSSR count). The van der Waals surface area contributed by atoms with E-state index in [1.807, 2.05) is 0 Å². The van der Waals surface area contributed by atoms with E-state index in [-0.39, 0.29) is 18.2 Å². The molecule has 1 aliphatic heterocycles. The van der Waals surface area contributed by atoms with Gasteiger partial charge in [-0.25, -0.2) is 4.79 Å². The van der Waals surface area contributed by atoms with Gasteiger partial charge in [-0.1, -0.05) is 0 Å². The first-order valence-corrected chi connectivity index (χ1v) is 6.23. The number of hydrogen-bond acceptors (Lipinski definition) is 3. The molecule has 1 amide bonds. The van der Waals surface area contributed by atoms with Crippen molar-refractivity contribution in [2.45, 2.75) is 51.4 Å². The highest BCUT2D eigenvalue weighted by atomic mass is 16.5. The molecular formula is C12H24N2O3. The number of likely N-dealkylation sites (N-methyl/N-ethyl adjacent to an activating group) is 1. The van der Waals surface area contributed by atoms with Crippen LogP contribution in [0.5, 0.6) is 0 Å². The highest BCUT2D eigenvalue weighted by molar-refractivity contribution is 5.64. The minimum atomic E-state index is -0.922. The predicted molar refractivity (Wildman–Crippen MR) is 66.0 cm³/mol. The normalized spacial score (nSPS) is 30.9. The summed E-state index contributed by atoms with van der Waals surface area (Å²) < 4.78 is 5.67. The highest BCUT2D eigenvalue weighted by Crippen LogP contribution is 2.27. The summed E-state index contributed by atoms with van der Waals surface area (Å²) in [5.74, 6) is 0.547. The van der Waals surface area contributed by atoms with Gasteiger partial charge in [0.25, 0.3) is 0 Å². The minimum absolute atomic E-state index is 0.0846. The SMILES string of the molecule is C[C@@H]1CC(C[C@H](N)CN(C)C(=O)O)C[C@H](C)O1. The summed E-state index contributed by atoms with van der Waals surface area (Å²) in [6.45, 7) is 4.56. The molecule has 3 N–H and O–H groups in total. The van der Waals surface area contributed by atoms with E-state index in [1.165, 1.54) is 4.90 Å². The van der Waals surface area contributed by atoms with Gasteiger partial charge in [0.1, 0.15) is 0 Å². The average molecular weight is 244 g/mol. The topological polar surface area (TPSA) is 75.8 Å². The van der Waals surface area contributed by atoms with Crippen molar-refractivity contribution in [1.29, 1.82) is 0 Å². The molecule has 17 heavy (non-hydrogen) atoms. The maximum atomic E-state index is 10.7. The van der Waals surface area contributed by atoms with E-state index in [2.05, 4.69) is 13.8 Å². The Morgan fingerprint density at radius 1 is 1.47 bits per heavy atom. The van der Waals surface area contributed by atoms with Crippen LogP contribution in [0.2, 0.25) is 0 Å². The molecule has 5 heteroatoms. The van der Waals surface area contributed by atoms with E-state index in [4.69, 9.17) is 15.6 Å². The van der Waals surface area contributed by atoms with E-state index >= 15 is 0 Å². The Bertz CT molecular complexity index is 250. The predicted octanol–water partition coefficient (Wildman–Crippen LogP) is 1.52. The van der Waals surface area contributed by atoms with Gasteiger partial charge in [-0.15, -0.1) is 0 Å². The Labute approximate surface area is 103 Å². The summed E-state index contributed by atoms with van der Waals surface area (Å²) in [6.07, 6.45) is 2.56. The van der Waals surface area contributed by atoms with Gasteiger partial charge in [0, 0.05) is 19.6 Å². The Hall–Kier alpha value is -0.810. The van der Waals surface area contributed by atoms with Gasteiger partial charge < -0.3 is 20.5 Å². The molecule has 0 aromatic rings. The average Bonchev–Trinajstić information content (AvgIpc) is 2.14. The van der Waals surface area contributed by atoms with Crippen molar-refractivity contribution >= 4 is 6.09 Å². The number of hydrogen-bond donors (Lipinski definition) is 2. The van der Waals surface area contributed by atoms with Crippen LogP contribution in [0.4, 0.5) is 4.79 Å². The number of carbonyl (C=O) groups is 1. The quantitative estimate of drug-likeness (QED) is 0.786. The van der Waals surface area contributed by atoms with E-state index in [1.54, 1.807) is 7.05 Å². The molecule has 0 aliphatic carbocycles. The molecule has 0 bridgehead atoms. The zero-order chi connectivity index (χ0) is 13.0. The first-order valence-electron chi connectivity index (χ1n) is 6.23. The molecule has 1 aliphatic rings. The number of amides is 1. The second-order valence-corrected chi connectivity index (χ2v) is 5.25. The van der Waals surface area contributed by atoms with Crippen LogP contribution in [0.25, 0.3) is 0 Å². The second kappa shape index (κ2) is 6.21. The van der Waals surface area contributed by atoms with Gasteiger partial charge in [-0.2, -0.15) is 0 Å². The Kier molecular flexibility index (Phi) is 5.21. The van der Waals surface area contributed by atoms with Crippen molar-refractivity contribution in [3.8, 4) is 0 Å². The zero-order valence-corrected chi connectivity index (χ0v) is 10.9. The molecule has 0 radical (unpaired) electrons. The Morgan fingerprint density at radius 3 is 2.47 bits per heavy atom. The van der Waals surface area contributed by atoms with Crippen molar-refractivity contribution < 1.29 is 14.6 Å². The largest absolute Gasteiger partial charge is 0.465 e. The van der Waals surface area contributed by atoms with Crippen LogP contribution < -0.4 is 5.73 Å². The van der Waals surface area contributed by atoms with Crippen LogP contribution in [0.1, 0.15) is 33.1 Å². The van der Waals surface area contributed by atoms with Gasteiger partial charge >= 0.3 is 6.09 Å². The maximum Gasteiger partial charge on any atom is 0.407 e. The number of nitrogens with zero attached hydrogens (tertiary/aromatic N) is 1. The third kappa shape index (κ3) is 4.91. The Balaban J connectivity index is 2.35. The minimum Gasteiger partial charge on any atom is -0.465 e. The first kappa shape index (κ1) is 14.3. The fourth-order valence-electron chi connectivity index (χ4n) is 2.67. The number of rotatable bonds is 4. The monoisotopic (exact) mass is 244 g/mol. The van der Waals surface area contributed by atoms with E-state index in [0.717, 1.165) is 19.3 Å². The molecule has 0 spiro atoms. The van der Waals surface area contributed by atoms with Crippen molar-refractivity contribution in [3.63, 3.8) is 0 Å². The molecule has 5 nitrogen and oxygen atoms in total. The zero-order valence-electron chi connectivity index (χ0n) is 10.9. The molecule has 100 valence electrons. The standard InChI is InChI=1S/C12H24N2O3/c1-8-4-10(5-9(2)17-8)6-11(13)7-14(3)12(15)16/h8-11H,4-7,13H2,1-3H3,(H,15,16)/t8-,9+,10?,11-/m0/s1. The molecule has 4 atom stereocenters. The molecule has 1 saturated heterocycles. The lowest BCUT2D eigenvalue weighted by atomic mass is 9.87. The molecule has 0 aromatic heterocycles. The third-order valence-electron chi connectivity index (χ3n) is 3.27. The van der Waals surface area contributed by atoms with Gasteiger partial charge in [0.15, 0.2) is 0 Å². The van der Waals surface area contributed by atoms with E-state index in [9.17, 15) is 4.79 Å². The lowest BCUT2D eigenvalue weighted by Gasteiger charge is -2.33. The summed E-state index contributed by atoms with van der Waals surface area (Å²) >= 11 is 0. The maximum absolute atomic E-state index is 10.7. The number of carboxylic acid groups (broad SMARTS) is 1.